The summed E-state index contributed by atoms with van der Waals surface area (Å²) < 4.78 is 27.3. The molecule has 0 radical (unpaired) electrons. The van der Waals surface area contributed by atoms with E-state index in [0.29, 0.717) is 0 Å². The number of hydrogen-bond donors (Lipinski definition) is 1. The van der Waals surface area contributed by atoms with Crippen LogP contribution in [0.5, 0.6) is 0 Å². The number of carboxylic acid groups (broad SMARTS) is 1. The summed E-state index contributed by atoms with van der Waals surface area (Å²) in [6, 6.07) is 6.18. The van der Waals surface area contributed by atoms with Crippen LogP contribution in [0.1, 0.15) is 43.7 Å². The largest absolute Gasteiger partial charge is 0.481 e. The highest BCUT2D eigenvalue weighted by atomic mass is 19.3. The van der Waals surface area contributed by atoms with Crippen molar-refractivity contribution in [2.75, 3.05) is 0 Å². The summed E-state index contributed by atoms with van der Waals surface area (Å²) in [6.45, 7) is 2.08. The van der Waals surface area contributed by atoms with E-state index in [9.17, 15) is 13.6 Å². The standard InChI is InChI=1S/C14H18F2O2/c1-2-3-4-11-5-7-12(8-6-11)14(15,16)10-9-13(17)18/h5-8H,2-4,9-10H2,1H3,(H,17,18). The van der Waals surface area contributed by atoms with Gasteiger partial charge in [-0.3, -0.25) is 4.79 Å². The molecule has 0 aliphatic rings. The molecule has 18 heavy (non-hydrogen) atoms. The van der Waals surface area contributed by atoms with Gasteiger partial charge in [-0.15, -0.1) is 0 Å². The summed E-state index contributed by atoms with van der Waals surface area (Å²) in [5, 5.41) is 8.43. The number of hydrogen-bond acceptors (Lipinski definition) is 1. The second-order valence-electron chi connectivity index (χ2n) is 4.40. The normalized spacial score (nSPS) is 11.5. The molecule has 100 valence electrons. The van der Waals surface area contributed by atoms with Gasteiger partial charge in [0.25, 0.3) is 5.92 Å². The Morgan fingerprint density at radius 3 is 2.39 bits per heavy atom. The van der Waals surface area contributed by atoms with Crippen molar-refractivity contribution in [1.82, 2.24) is 0 Å². The van der Waals surface area contributed by atoms with Gasteiger partial charge in [0, 0.05) is 12.0 Å². The van der Waals surface area contributed by atoms with Gasteiger partial charge in [-0.2, -0.15) is 0 Å². The van der Waals surface area contributed by atoms with Gasteiger partial charge in [-0.05, 0) is 18.4 Å². The minimum Gasteiger partial charge on any atom is -0.481 e. The topological polar surface area (TPSA) is 37.3 Å². The second-order valence-corrected chi connectivity index (χ2v) is 4.40. The van der Waals surface area contributed by atoms with E-state index in [1.54, 1.807) is 12.1 Å². The SMILES string of the molecule is CCCCc1ccc(C(F)(F)CCC(=O)O)cc1. The summed E-state index contributed by atoms with van der Waals surface area (Å²) in [4.78, 5) is 10.3. The molecule has 0 aliphatic heterocycles. The van der Waals surface area contributed by atoms with Crippen LogP contribution in [0, 0.1) is 0 Å². The lowest BCUT2D eigenvalue weighted by molar-refractivity contribution is -0.139. The fourth-order valence-electron chi connectivity index (χ4n) is 1.70. The van der Waals surface area contributed by atoms with Crippen molar-refractivity contribution in [3.05, 3.63) is 35.4 Å². The van der Waals surface area contributed by atoms with Gasteiger partial charge in [-0.25, -0.2) is 8.78 Å². The van der Waals surface area contributed by atoms with E-state index < -0.39 is 24.7 Å². The summed E-state index contributed by atoms with van der Waals surface area (Å²) >= 11 is 0. The van der Waals surface area contributed by atoms with Crippen LogP contribution in [-0.2, 0) is 17.1 Å². The molecule has 4 heteroatoms. The predicted octanol–water partition coefficient (Wildman–Crippen LogP) is 3.99. The maximum absolute atomic E-state index is 13.6. The fraction of sp³-hybridized carbons (Fsp3) is 0.500. The van der Waals surface area contributed by atoms with E-state index in [1.165, 1.54) is 12.1 Å². The van der Waals surface area contributed by atoms with Crippen molar-refractivity contribution in [1.29, 1.82) is 0 Å². The van der Waals surface area contributed by atoms with E-state index in [-0.39, 0.29) is 5.56 Å². The predicted molar refractivity (Wildman–Crippen MR) is 65.8 cm³/mol. The number of benzene rings is 1. The molecule has 0 aliphatic carbocycles. The molecule has 1 N–H and O–H groups in total. The molecule has 0 saturated carbocycles. The summed E-state index contributed by atoms with van der Waals surface area (Å²) in [5.74, 6) is -4.27. The molecule has 0 amide bonds. The Morgan fingerprint density at radius 2 is 1.89 bits per heavy atom. The highest BCUT2D eigenvalue weighted by Gasteiger charge is 2.31. The van der Waals surface area contributed by atoms with Gasteiger partial charge in [0.05, 0.1) is 6.42 Å². The maximum Gasteiger partial charge on any atom is 0.303 e. The smallest absolute Gasteiger partial charge is 0.303 e. The molecule has 0 fully saturated rings. The molecular formula is C14H18F2O2. The van der Waals surface area contributed by atoms with Gasteiger partial charge < -0.3 is 5.11 Å². The fourth-order valence-corrected chi connectivity index (χ4v) is 1.70. The second kappa shape index (κ2) is 6.47. The molecule has 0 saturated heterocycles. The number of aliphatic carboxylic acids is 1. The van der Waals surface area contributed by atoms with Gasteiger partial charge >= 0.3 is 5.97 Å². The third kappa shape index (κ3) is 4.43. The Balaban J connectivity index is 2.67. The highest BCUT2D eigenvalue weighted by molar-refractivity contribution is 5.66. The average Bonchev–Trinajstić information content (AvgIpc) is 2.34. The number of unbranched alkanes of at least 4 members (excludes halogenated alkanes) is 1. The van der Waals surface area contributed by atoms with Crippen LogP contribution in [-0.4, -0.2) is 11.1 Å². The van der Waals surface area contributed by atoms with Gasteiger partial charge in [-0.1, -0.05) is 37.6 Å². The molecule has 1 aromatic carbocycles. The number of aryl methyl sites for hydroxylation is 1. The van der Waals surface area contributed by atoms with E-state index >= 15 is 0 Å². The number of alkyl halides is 2. The molecule has 2 nitrogen and oxygen atoms in total. The van der Waals surface area contributed by atoms with Crippen molar-refractivity contribution in [3.63, 3.8) is 0 Å². The Bertz CT molecular complexity index is 385. The zero-order valence-electron chi connectivity index (χ0n) is 10.5. The first-order valence-electron chi connectivity index (χ1n) is 6.14. The van der Waals surface area contributed by atoms with Crippen LogP contribution in [0.15, 0.2) is 24.3 Å². The molecule has 0 spiro atoms. The van der Waals surface area contributed by atoms with Crippen molar-refractivity contribution in [2.24, 2.45) is 0 Å². The molecule has 0 aromatic heterocycles. The first kappa shape index (κ1) is 14.6. The van der Waals surface area contributed by atoms with Crippen molar-refractivity contribution < 1.29 is 18.7 Å². The minimum atomic E-state index is -3.07. The van der Waals surface area contributed by atoms with Crippen LogP contribution in [0.2, 0.25) is 0 Å². The average molecular weight is 256 g/mol. The molecule has 0 atom stereocenters. The number of carbonyl (C=O) groups is 1. The zero-order valence-corrected chi connectivity index (χ0v) is 10.5. The number of halogens is 2. The lowest BCUT2D eigenvalue weighted by Gasteiger charge is -2.16. The van der Waals surface area contributed by atoms with Gasteiger partial charge in [0.1, 0.15) is 0 Å². The lowest BCUT2D eigenvalue weighted by Crippen LogP contribution is -2.15. The Hall–Kier alpha value is -1.45. The monoisotopic (exact) mass is 256 g/mol. The molecule has 0 heterocycles. The summed E-state index contributed by atoms with van der Waals surface area (Å²) in [5.41, 5.74) is 0.929. The Morgan fingerprint density at radius 1 is 1.28 bits per heavy atom. The Labute approximate surface area is 106 Å². The van der Waals surface area contributed by atoms with Crippen molar-refractivity contribution in [3.8, 4) is 0 Å². The molecule has 0 unspecified atom stereocenters. The molecular weight excluding hydrogens is 238 g/mol. The first-order chi connectivity index (χ1) is 8.45. The van der Waals surface area contributed by atoms with Gasteiger partial charge in [0.2, 0.25) is 0 Å². The minimum absolute atomic E-state index is 0.107. The van der Waals surface area contributed by atoms with E-state index in [0.717, 1.165) is 24.8 Å². The molecule has 1 rings (SSSR count). The molecule has 0 bridgehead atoms. The quantitative estimate of drug-likeness (QED) is 0.801. The third-order valence-electron chi connectivity index (χ3n) is 2.85. The van der Waals surface area contributed by atoms with E-state index in [4.69, 9.17) is 5.11 Å². The Kier molecular flexibility index (Phi) is 5.25. The first-order valence-corrected chi connectivity index (χ1v) is 6.14. The van der Waals surface area contributed by atoms with E-state index in [1.807, 2.05) is 0 Å². The highest BCUT2D eigenvalue weighted by Crippen LogP contribution is 2.33. The van der Waals surface area contributed by atoms with Crippen molar-refractivity contribution in [2.45, 2.75) is 45.0 Å². The third-order valence-corrected chi connectivity index (χ3v) is 2.85. The van der Waals surface area contributed by atoms with Crippen LogP contribution < -0.4 is 0 Å². The van der Waals surface area contributed by atoms with Crippen LogP contribution in [0.3, 0.4) is 0 Å². The van der Waals surface area contributed by atoms with Gasteiger partial charge in [0.15, 0.2) is 0 Å². The van der Waals surface area contributed by atoms with Crippen LogP contribution in [0.4, 0.5) is 8.78 Å². The summed E-state index contributed by atoms with van der Waals surface area (Å²) in [7, 11) is 0. The zero-order chi connectivity index (χ0) is 13.6. The summed E-state index contributed by atoms with van der Waals surface area (Å²) in [6.07, 6.45) is 1.81. The van der Waals surface area contributed by atoms with Crippen LogP contribution >= 0.6 is 0 Å². The number of rotatable bonds is 7. The number of carboxylic acids is 1. The van der Waals surface area contributed by atoms with Crippen LogP contribution in [0.25, 0.3) is 0 Å². The lowest BCUT2D eigenvalue weighted by atomic mass is 10.0. The maximum atomic E-state index is 13.6. The van der Waals surface area contributed by atoms with Crippen molar-refractivity contribution >= 4 is 5.97 Å². The van der Waals surface area contributed by atoms with E-state index in [2.05, 4.69) is 6.92 Å². The molecule has 1 aromatic rings.